The van der Waals surface area contributed by atoms with E-state index < -0.39 is 11.4 Å². The predicted octanol–water partition coefficient (Wildman–Crippen LogP) is 4.79. The number of hydrogen-bond donors (Lipinski definition) is 2. The van der Waals surface area contributed by atoms with E-state index in [0.29, 0.717) is 19.6 Å². The maximum atomic E-state index is 10.5. The van der Waals surface area contributed by atoms with Crippen LogP contribution >= 0.6 is 0 Å². The molecule has 0 aromatic heterocycles. The van der Waals surface area contributed by atoms with Crippen LogP contribution in [0.2, 0.25) is 0 Å². The minimum atomic E-state index is -2.55. The highest BCUT2D eigenvalue weighted by Crippen LogP contribution is 2.15. The first-order valence-electron chi connectivity index (χ1n) is 13.0. The van der Waals surface area contributed by atoms with Gasteiger partial charge in [-0.2, -0.15) is 4.65 Å². The highest BCUT2D eigenvalue weighted by Gasteiger charge is 2.28. The molecule has 0 amide bonds. The third-order valence-electron chi connectivity index (χ3n) is 6.06. The number of aliphatic hydroxyl groups is 2. The van der Waals surface area contributed by atoms with Crippen LogP contribution in [0, 0.1) is 0 Å². The smallest absolute Gasteiger partial charge is 0.132 e. The number of quaternary nitrogens is 1. The summed E-state index contributed by atoms with van der Waals surface area (Å²) in [5.41, 5.74) is 0. The van der Waals surface area contributed by atoms with E-state index >= 15 is 0 Å². The predicted molar refractivity (Wildman–Crippen MR) is 129 cm³/mol. The first kappa shape index (κ1) is 31.9. The number of hydrogen-bond acceptors (Lipinski definition) is 6. The Hall–Kier alpha value is -0.0900. The Kier molecular flexibility index (Phi) is 24.0. The molecule has 0 fully saturated rings. The van der Waals surface area contributed by atoms with Crippen molar-refractivity contribution in [2.24, 2.45) is 0 Å². The zero-order valence-corrected chi connectivity index (χ0v) is 21.5. The monoisotopic (exact) mass is 481 g/mol. The average molecular weight is 482 g/mol. The van der Waals surface area contributed by atoms with Gasteiger partial charge in [0.1, 0.15) is 26.2 Å². The maximum absolute atomic E-state index is 10.5. The van der Waals surface area contributed by atoms with Crippen LogP contribution in [0.3, 0.4) is 0 Å². The average Bonchev–Trinajstić information content (AvgIpc) is 2.77. The molecule has 32 heavy (non-hydrogen) atoms. The minimum Gasteiger partial charge on any atom is -0.750 e. The first-order valence-corrected chi connectivity index (χ1v) is 14.0. The van der Waals surface area contributed by atoms with Gasteiger partial charge in [-0.3, -0.25) is 4.18 Å². The molecule has 0 aromatic carbocycles. The van der Waals surface area contributed by atoms with Crippen molar-refractivity contribution in [1.29, 1.82) is 0 Å². The van der Waals surface area contributed by atoms with Gasteiger partial charge < -0.3 is 14.8 Å². The molecule has 8 heteroatoms. The van der Waals surface area contributed by atoms with Gasteiger partial charge in [-0.15, -0.1) is 0 Å². The van der Waals surface area contributed by atoms with Crippen LogP contribution < -0.4 is 0 Å². The van der Waals surface area contributed by atoms with Gasteiger partial charge in [-0.05, 0) is 12.8 Å². The van der Waals surface area contributed by atoms with E-state index in [4.69, 9.17) is 4.84 Å². The number of hydroxylamine groups is 3. The lowest BCUT2D eigenvalue weighted by Crippen LogP contribution is -2.52. The fourth-order valence-corrected chi connectivity index (χ4v) is 4.38. The standard InChI is InChI=1S/C24H51NO6S/c1-2-3-4-5-6-7-8-9-10-11-12-13-14-15-16-17-18-25(19-21-26,20-22-27)30-23-24-31-32(28)29/h26-27H,2-24H2,1H3. The third kappa shape index (κ3) is 20.5. The second-order valence-corrected chi connectivity index (χ2v) is 9.48. The lowest BCUT2D eigenvalue weighted by molar-refractivity contribution is -1.11. The molecule has 7 nitrogen and oxygen atoms in total. The van der Waals surface area contributed by atoms with Crippen LogP contribution in [-0.2, 0) is 20.4 Å². The summed E-state index contributed by atoms with van der Waals surface area (Å²) in [5.74, 6) is 0. The Balaban J connectivity index is 3.72. The second kappa shape index (κ2) is 24.0. The Morgan fingerprint density at radius 1 is 0.656 bits per heavy atom. The lowest BCUT2D eigenvalue weighted by atomic mass is 10.0. The fraction of sp³-hybridized carbons (Fsp3) is 1.00. The Morgan fingerprint density at radius 2 is 1.06 bits per heavy atom. The summed E-state index contributed by atoms with van der Waals surface area (Å²) in [7, 11) is 0. The van der Waals surface area contributed by atoms with Crippen molar-refractivity contribution in [2.45, 2.75) is 110 Å². The van der Waals surface area contributed by atoms with Gasteiger partial charge in [0.2, 0.25) is 0 Å². The third-order valence-corrected chi connectivity index (χ3v) is 6.42. The molecule has 0 aromatic rings. The van der Waals surface area contributed by atoms with Crippen molar-refractivity contribution in [3.63, 3.8) is 0 Å². The summed E-state index contributed by atoms with van der Waals surface area (Å²) in [6.45, 7) is 3.65. The van der Waals surface area contributed by atoms with Gasteiger partial charge in [0.25, 0.3) is 0 Å². The fourth-order valence-electron chi connectivity index (χ4n) is 4.17. The van der Waals surface area contributed by atoms with Gasteiger partial charge in [-0.1, -0.05) is 96.8 Å². The molecular weight excluding hydrogens is 430 g/mol. The molecule has 1 atom stereocenters. The zero-order chi connectivity index (χ0) is 23.8. The Bertz CT molecular complexity index is 408. The van der Waals surface area contributed by atoms with Crippen molar-refractivity contribution in [1.82, 2.24) is 0 Å². The number of unbranched alkanes of at least 4 members (excludes halogenated alkanes) is 15. The number of aliphatic hydroxyl groups excluding tert-OH is 2. The summed E-state index contributed by atoms with van der Waals surface area (Å²) in [6, 6.07) is 0. The largest absolute Gasteiger partial charge is 0.750 e. The van der Waals surface area contributed by atoms with E-state index in [1.807, 2.05) is 0 Å². The SMILES string of the molecule is CCCCCCCCCCCCCCCCCC[N+](CCO)(CCO)OCCOS(=O)[O-]. The maximum Gasteiger partial charge on any atom is 0.132 e. The van der Waals surface area contributed by atoms with Crippen molar-refractivity contribution < 1.29 is 32.6 Å². The van der Waals surface area contributed by atoms with Gasteiger partial charge in [-0.25, -0.2) is 9.05 Å². The van der Waals surface area contributed by atoms with Crippen molar-refractivity contribution in [3.8, 4) is 0 Å². The molecule has 1 unspecified atom stereocenters. The molecule has 0 saturated carbocycles. The molecule has 0 spiro atoms. The molecule has 0 heterocycles. The lowest BCUT2D eigenvalue weighted by Gasteiger charge is -2.34. The van der Waals surface area contributed by atoms with Crippen LogP contribution in [0.4, 0.5) is 0 Å². The molecule has 2 N–H and O–H groups in total. The highest BCUT2D eigenvalue weighted by molar-refractivity contribution is 7.74. The van der Waals surface area contributed by atoms with E-state index in [1.54, 1.807) is 0 Å². The van der Waals surface area contributed by atoms with Gasteiger partial charge in [0.05, 0.1) is 31.2 Å². The molecule has 194 valence electrons. The second-order valence-electron chi connectivity index (χ2n) is 8.84. The van der Waals surface area contributed by atoms with Crippen LogP contribution in [0.25, 0.3) is 0 Å². The normalized spacial score (nSPS) is 13.0. The van der Waals surface area contributed by atoms with Crippen LogP contribution in [0.5, 0.6) is 0 Å². The first-order chi connectivity index (χ1) is 15.6. The van der Waals surface area contributed by atoms with Crippen molar-refractivity contribution >= 4 is 11.4 Å². The van der Waals surface area contributed by atoms with E-state index in [9.17, 15) is 19.0 Å². The molecule has 0 aliphatic carbocycles. The highest BCUT2D eigenvalue weighted by atomic mass is 32.2. The summed E-state index contributed by atoms with van der Waals surface area (Å²) < 4.78 is 25.5. The molecular formula is C24H51NO6S. The van der Waals surface area contributed by atoms with E-state index in [2.05, 4.69) is 11.1 Å². The summed E-state index contributed by atoms with van der Waals surface area (Å²) >= 11 is -2.55. The van der Waals surface area contributed by atoms with Crippen molar-refractivity contribution in [2.75, 3.05) is 46.1 Å². The van der Waals surface area contributed by atoms with Crippen LogP contribution in [-0.4, -0.2) is 69.7 Å². The van der Waals surface area contributed by atoms with E-state index in [-0.39, 0.29) is 31.1 Å². The Morgan fingerprint density at radius 3 is 1.44 bits per heavy atom. The quantitative estimate of drug-likeness (QED) is 0.0797. The summed E-state index contributed by atoms with van der Waals surface area (Å²) in [5, 5.41) is 18.8. The molecule has 0 radical (unpaired) electrons. The van der Waals surface area contributed by atoms with E-state index in [0.717, 1.165) is 12.8 Å². The van der Waals surface area contributed by atoms with Crippen LogP contribution in [0.15, 0.2) is 0 Å². The van der Waals surface area contributed by atoms with Gasteiger partial charge in [0.15, 0.2) is 0 Å². The van der Waals surface area contributed by atoms with E-state index in [1.165, 1.54) is 89.9 Å². The molecule has 0 rings (SSSR count). The van der Waals surface area contributed by atoms with Gasteiger partial charge >= 0.3 is 0 Å². The molecule has 0 aliphatic rings. The zero-order valence-electron chi connectivity index (χ0n) is 20.6. The van der Waals surface area contributed by atoms with Crippen LogP contribution in [0.1, 0.15) is 110 Å². The number of rotatable bonds is 26. The topological polar surface area (TPSA) is 99.1 Å². The molecule has 0 aliphatic heterocycles. The summed E-state index contributed by atoms with van der Waals surface area (Å²) in [4.78, 5) is 5.80. The summed E-state index contributed by atoms with van der Waals surface area (Å²) in [6.07, 6.45) is 21.0. The van der Waals surface area contributed by atoms with Gasteiger partial charge in [0, 0.05) is 0 Å². The molecule has 0 saturated heterocycles. The molecule has 0 bridgehead atoms. The Labute approximate surface area is 199 Å². The number of nitrogens with zero attached hydrogens (tertiary/aromatic N) is 1. The minimum absolute atomic E-state index is 0.0484. The van der Waals surface area contributed by atoms with Crippen molar-refractivity contribution in [3.05, 3.63) is 0 Å².